The van der Waals surface area contributed by atoms with Crippen LogP contribution in [0.1, 0.15) is 25.7 Å². The maximum absolute atomic E-state index is 1.94. The molecule has 102 fully saturated rings. The lowest BCUT2D eigenvalue weighted by atomic mass is 8.19. The molecule has 554 valence electrons. The van der Waals surface area contributed by atoms with E-state index in [4.69, 9.17) is 0 Å². The Morgan fingerprint density at radius 1 is 0.0714 bits per heavy atom. The summed E-state index contributed by atoms with van der Waals surface area (Å²) in [5.41, 5.74) is 92.6. The molecule has 80 spiro atoms. The van der Waals surface area contributed by atoms with Gasteiger partial charge in [0.15, 0.2) is 0 Å². The van der Waals surface area contributed by atoms with Crippen LogP contribution in [0.5, 0.6) is 0 Å². The third-order valence-corrected chi connectivity index (χ3v) is 120. The fourth-order valence-electron chi connectivity index (χ4n) is 161. The van der Waals surface area contributed by atoms with Gasteiger partial charge in [0.05, 0.1) is 0 Å². The van der Waals surface area contributed by atoms with Gasteiger partial charge in [-0.2, -0.15) is 0 Å². The van der Waals surface area contributed by atoms with E-state index in [1.54, 1.807) is 0 Å². The van der Waals surface area contributed by atoms with E-state index in [0.29, 0.717) is 0 Å². The van der Waals surface area contributed by atoms with E-state index in [-0.39, 0.29) is 0 Å². The summed E-state index contributed by atoms with van der Waals surface area (Å²) in [5.74, 6) is 61.7. The predicted octanol–water partition coefficient (Wildman–Crippen LogP) is 9.82. The van der Waals surface area contributed by atoms with Gasteiger partial charge in [0, 0.05) is 0 Å². The van der Waals surface area contributed by atoms with Crippen molar-refractivity contribution in [1.29, 1.82) is 0 Å². The first kappa shape index (κ1) is 38.2. The summed E-state index contributed by atoms with van der Waals surface area (Å²) in [6.45, 7) is 0. The minimum absolute atomic E-state index is 1.11. The third kappa shape index (κ3) is 0.672. The summed E-state index contributed by atoms with van der Waals surface area (Å²) in [4.78, 5) is 0. The highest BCUT2D eigenvalue weighted by atomic mass is 15.9. The smallest absolute Gasteiger partial charge is 0.0000249 e. The Kier molecular flexibility index (Phi) is 1.57. The first-order valence-corrected chi connectivity index (χ1v) is 62.8. The van der Waals surface area contributed by atoms with Crippen molar-refractivity contribution in [2.75, 3.05) is 0 Å². The predicted molar refractivity (Wildman–Crippen MR) is 390 cm³/mol. The van der Waals surface area contributed by atoms with Crippen molar-refractivity contribution in [3.63, 3.8) is 0 Å². The Balaban J connectivity index is 0.501. The highest BCUT2D eigenvalue weighted by Gasteiger charge is 3.91. The Bertz CT molecular complexity index is 10100. The zero-order valence-electron chi connectivity index (χ0n) is 67.1. The second kappa shape index (κ2) is 5.17. The van der Waals surface area contributed by atoms with E-state index in [2.05, 4.69) is 0 Å². The van der Waals surface area contributed by atoms with Crippen LogP contribution in [-0.4, -0.2) is 0 Å². The molecule has 0 nitrogen and oxygen atoms in total. The normalized spacial score (nSPS) is 159. The van der Waals surface area contributed by atoms with Crippen LogP contribution >= 0.6 is 0 Å². The molecule has 104 atom stereocenters. The van der Waals surface area contributed by atoms with Crippen LogP contribution in [0, 0.1) is 682 Å². The van der Waals surface area contributed by atoms with Crippen LogP contribution < -0.4 is 0 Å². The van der Waals surface area contributed by atoms with E-state index in [9.17, 15) is 0 Å². The summed E-state index contributed by atoms with van der Waals surface area (Å²) >= 11 is 0. The van der Waals surface area contributed by atoms with E-state index < -0.39 is 0 Å². The maximum Gasteiger partial charge on any atom is -0.0000249 e. The number of rotatable bonds is 0. The minimum atomic E-state index is 1.11. The topological polar surface area (TPSA) is 0 Å². The van der Waals surface area contributed by atoms with E-state index in [0.717, 1.165) is 238 Å². The van der Waals surface area contributed by atoms with Crippen LogP contribution in [0.2, 0.25) is 0 Å². The molecular weight excluding hydrogens is 1510 g/mol. The SMILES string of the molecule is C1C2C3C4C5C6CC7C8C9C%10C%11C%12C%13C%14C%15C%16C%17C%18C%19C%20C%21C%22CC%23C%24C%25C%26C%27CC%28C%29C%30C%31C%32C%33C%34C%35C%36C%37C%38C%39C%40C%41C%42C1C21C32C43C54C67C85C96C%107C%118C%129C%13%10C%14%11C%15%12C%16%13C%17%14C%18%15C%19%16C%20%17C%21%18C%23%22C%24%19C%25%20C%26%21C%27%28C%29%22C%30%23C%31%24C%32%25C%33%26C%34%27C%35%28C%36%29C%37%30C%38%31C%39%32C%40%33C%41%34C%421C21C32C45C63C74C85C96C%107C%118C%129C%13%10C%14%11C%15%12C%16%13C%17%14C%19%18C%20%15C%21%22C%23%16C%24%17C%25%18C%26%19C%27%20C%28%21C%29%22C%30%23C%31%24C%32%25C%33%26C%341C23C%264C%255C%246C%237C%228C%219C%20%10C%19%11C%18%12C%17%13C%15%16%14. The second-order valence-corrected chi connectivity index (χ2v) is 86.1. The van der Waals surface area contributed by atoms with Crippen molar-refractivity contribution in [1.82, 2.24) is 0 Å². The van der Waals surface area contributed by atoms with Gasteiger partial charge in [0.25, 0.3) is 0 Å². The molecule has 126 heavy (non-hydrogen) atoms. The maximum atomic E-state index is 1.94. The van der Waals surface area contributed by atoms with Crippen molar-refractivity contribution in [2.45, 2.75) is 25.7 Å². The van der Waals surface area contributed by atoms with Crippen molar-refractivity contribution >= 4 is 0 Å². The first-order chi connectivity index (χ1) is 62.8. The van der Waals surface area contributed by atoms with E-state index >= 15 is 0 Å². The molecule has 0 aliphatic heterocycles. The number of hydrogen-bond donors (Lipinski definition) is 0. The van der Waals surface area contributed by atoms with Crippen LogP contribution in [0.4, 0.5) is 0 Å². The van der Waals surface area contributed by atoms with Crippen molar-refractivity contribution in [3.8, 4) is 0 Å². The Morgan fingerprint density at radius 2 is 0.151 bits per heavy atom. The molecule has 102 saturated carbocycles. The average Bonchev–Trinajstić information content (AvgIpc) is 0.402. The summed E-state index contributed by atoms with van der Waals surface area (Å²) < 4.78 is 0. The largest absolute Gasteiger partial charge is 0.0458 e. The zero-order valence-corrected chi connectivity index (χ0v) is 67.1. The van der Waals surface area contributed by atoms with Crippen LogP contribution in [-0.2, 0) is 0 Å². The molecule has 0 saturated heterocycles. The van der Waals surface area contributed by atoms with Gasteiger partial charge in [-0.15, -0.1) is 0 Å². The quantitative estimate of drug-likeness (QED) is 0.227. The Hall–Kier alpha value is 0. The molecule has 0 heterocycles. The highest BCUT2D eigenvalue weighted by Crippen LogP contribution is 3.97. The lowest BCUT2D eigenvalue weighted by molar-refractivity contribution is -1.10. The summed E-state index contributed by atoms with van der Waals surface area (Å²) in [5, 5.41) is 0. The van der Waals surface area contributed by atoms with E-state index in [1.807, 2.05) is 25.7 Å². The lowest BCUT2D eigenvalue weighted by Gasteiger charge is -3.82. The standard InChI is InChI=1S/C126H50/c1-5-13-21-14-6-2-10-18-24-28-32-37-41-45-46-42-38-34-30-26-20-12-4-8-16-22-15-7-3-11-19-25-29-33-36-40-44-43-39-35-31-27-23-17-9(1)47(5)51(13)59(21)52(14)48(6,10)56(18)62(24)66(28)70(32)74(37)79(41)83(45)84(46)80(42)76(38)72(34)68(30)64(26)58(20)50(8,12)54(16)60(22)53(15)49(7,11)57(19)63(25)67(29)71(33)75(36)78(40)82(44)81(43)77(39)73(35)69(31)65(27)61(23)55(17,47)85(51)89(59)86(52,56)92(62)96(66)100(70)104(74)108(79)113(83)114(84)110(80)106(76)102(72)98(68)94(64)88(54,58)90(60)87(53,57)93(63)97(67)101(71)105(75)109(78)112(82)111(81)107(77)103(73)99(69)95(65)91(61,85)115(89,92)117(95,96)119(99,100)121(103,104)123(107,108)125(111,113)126(112,114)124(109,110)122(105,106)120(101,102)118(97,98)116(90,93)94/h5-46H,1-4H2. The monoisotopic (exact) mass is 1560 g/mol. The summed E-state index contributed by atoms with van der Waals surface area (Å²) in [7, 11) is 0. The van der Waals surface area contributed by atoms with Gasteiger partial charge in [0.1, 0.15) is 0 Å². The van der Waals surface area contributed by atoms with Gasteiger partial charge in [-0.3, -0.25) is 0 Å². The Morgan fingerprint density at radius 3 is 0.286 bits per heavy atom. The molecule has 102 aliphatic rings. The average molecular weight is 1560 g/mol. The molecule has 0 bridgehead atoms. The Labute approximate surface area is 702 Å². The summed E-state index contributed by atoms with van der Waals surface area (Å²) in [6.07, 6.45) is 7.78. The van der Waals surface area contributed by atoms with Crippen molar-refractivity contribution < 1.29 is 0 Å². The zero-order chi connectivity index (χ0) is 67.1. The molecule has 0 aromatic carbocycles. The molecule has 0 aromatic heterocycles. The van der Waals surface area contributed by atoms with Gasteiger partial charge in [-0.1, -0.05) is 0 Å². The summed E-state index contributed by atoms with van der Waals surface area (Å²) in [6, 6.07) is 0. The van der Waals surface area contributed by atoms with Crippen molar-refractivity contribution in [3.05, 3.63) is 206 Å². The van der Waals surface area contributed by atoms with Crippen LogP contribution in [0.15, 0.2) is 0 Å². The molecule has 0 aromatic rings. The van der Waals surface area contributed by atoms with Gasteiger partial charge in [-0.25, -0.2) is 0 Å². The molecule has 102 rings (SSSR count). The highest BCUT2D eigenvalue weighted by molar-refractivity contribution is 6.94. The van der Waals surface area contributed by atoms with Gasteiger partial charge >= 0.3 is 0 Å². The van der Waals surface area contributed by atoms with Crippen molar-refractivity contribution in [2.24, 2.45) is 476 Å². The number of hydrogen-bond acceptors (Lipinski definition) is 0. The fraction of sp³-hybridized carbons (Fsp3) is 1.00. The first-order valence-electron chi connectivity index (χ1n) is 62.8. The molecule has 102 aliphatic carbocycles. The number of fused-ring (bicyclic) bond motifs is 38. The molecule has 0 amide bonds. The molecule has 0 heteroatoms. The van der Waals surface area contributed by atoms with E-state index in [1.165, 1.54) is 443 Å². The van der Waals surface area contributed by atoms with Crippen LogP contribution in [0.3, 0.4) is 0 Å². The molecule has 104 unspecified atom stereocenters. The minimum Gasteiger partial charge on any atom is -0.0458 e. The van der Waals surface area contributed by atoms with Gasteiger partial charge < -0.3 is 0 Å². The fourth-order valence-corrected chi connectivity index (χ4v) is 161. The third-order valence-electron chi connectivity index (χ3n) is 120. The lowest BCUT2D eigenvalue weighted by Crippen LogP contribution is -3.77. The van der Waals surface area contributed by atoms with Crippen LogP contribution in [0.25, 0.3) is 0 Å². The molecule has 0 N–H and O–H groups in total. The van der Waals surface area contributed by atoms with Gasteiger partial charge in [0.2, 0.25) is 0 Å². The second-order valence-electron chi connectivity index (χ2n) is 86.1. The molecular formula is C126H50. The van der Waals surface area contributed by atoms with Gasteiger partial charge in [-0.05, 0) is 707 Å². The molecule has 0 radical (unpaired) electrons.